The van der Waals surface area contributed by atoms with Crippen LogP contribution in [0.4, 0.5) is 0 Å². The summed E-state index contributed by atoms with van der Waals surface area (Å²) in [5, 5.41) is 1.45. The molecule has 0 spiro atoms. The molecule has 44 valence electrons. The van der Waals surface area contributed by atoms with Crippen molar-refractivity contribution in [1.29, 1.82) is 0 Å². The van der Waals surface area contributed by atoms with E-state index in [9.17, 15) is 0 Å². The molecule has 1 heterocycles. The molecule has 8 heavy (non-hydrogen) atoms. The highest BCUT2D eigenvalue weighted by atomic mass is 31.0. The first-order valence-corrected chi connectivity index (χ1v) is 3.64. The van der Waals surface area contributed by atoms with Crippen LogP contribution in [0.1, 0.15) is 16.6 Å². The molecule has 1 unspecified atom stereocenters. The second-order valence-electron chi connectivity index (χ2n) is 2.06. The first-order valence-electron chi connectivity index (χ1n) is 2.70. The third kappa shape index (κ3) is 0.784. The van der Waals surface area contributed by atoms with Crippen LogP contribution < -0.4 is 0 Å². The average Bonchev–Trinajstić information content (AvgIpc) is 1.98. The predicted octanol–water partition coefficient (Wildman–Crippen LogP) is 2.04. The van der Waals surface area contributed by atoms with E-state index in [2.05, 4.69) is 25.5 Å². The van der Waals surface area contributed by atoms with Crippen molar-refractivity contribution >= 4 is 8.35 Å². The lowest BCUT2D eigenvalue weighted by Gasteiger charge is -1.85. The van der Waals surface area contributed by atoms with E-state index in [1.807, 2.05) is 0 Å². The summed E-state index contributed by atoms with van der Waals surface area (Å²) in [5.74, 6) is 0. The van der Waals surface area contributed by atoms with Crippen LogP contribution in [0, 0.1) is 20.8 Å². The van der Waals surface area contributed by atoms with E-state index in [-0.39, 0.29) is 0 Å². The van der Waals surface area contributed by atoms with Gasteiger partial charge in [-0.1, -0.05) is 0 Å². The topological polar surface area (TPSA) is 12.9 Å². The summed E-state index contributed by atoms with van der Waals surface area (Å²) >= 11 is 0. The van der Waals surface area contributed by atoms with E-state index in [0.29, 0.717) is 8.35 Å². The zero-order valence-corrected chi connectivity index (χ0v) is 6.45. The molecule has 2 heteroatoms. The van der Waals surface area contributed by atoms with Crippen LogP contribution in [0.5, 0.6) is 0 Å². The van der Waals surface area contributed by atoms with Gasteiger partial charge in [0.15, 0.2) is 0 Å². The highest BCUT2D eigenvalue weighted by Gasteiger charge is 1.96. The quantitative estimate of drug-likeness (QED) is 0.519. The molecule has 1 nitrogen and oxygen atoms in total. The maximum Gasteiger partial charge on any atom is 0.0446 e. The molecule has 0 bridgehead atoms. The van der Waals surface area contributed by atoms with Crippen LogP contribution in [0.25, 0.3) is 0 Å². The molecule has 1 rings (SSSR count). The molecule has 0 N–H and O–H groups in total. The predicted molar refractivity (Wildman–Crippen MR) is 37.9 cm³/mol. The molecule has 0 saturated heterocycles. The fourth-order valence-electron chi connectivity index (χ4n) is 0.607. The summed E-state index contributed by atoms with van der Waals surface area (Å²) in [7, 11) is 0.711. The summed E-state index contributed by atoms with van der Waals surface area (Å²) in [6, 6.07) is 0. The first-order chi connectivity index (χ1) is 3.72. The Morgan fingerprint density at radius 2 is 1.88 bits per heavy atom. The fourth-order valence-corrected chi connectivity index (χ4v) is 1.46. The molecular weight excluding hydrogens is 117 g/mol. The average molecular weight is 127 g/mol. The van der Waals surface area contributed by atoms with E-state index in [1.54, 1.807) is 0 Å². The van der Waals surface area contributed by atoms with Gasteiger partial charge in [0.1, 0.15) is 0 Å². The zero-order chi connectivity index (χ0) is 6.15. The molecule has 0 amide bonds. The lowest BCUT2D eigenvalue weighted by atomic mass is 10.2. The Morgan fingerprint density at radius 1 is 1.25 bits per heavy atom. The third-order valence-electron chi connectivity index (χ3n) is 1.50. The molecule has 0 fully saturated rings. The largest absolute Gasteiger partial charge is 0.245 e. The monoisotopic (exact) mass is 127 g/mol. The number of hydrogen-bond acceptors (Lipinski definition) is 1. The Morgan fingerprint density at radius 3 is 2.00 bits per heavy atom. The Labute approximate surface area is 51.3 Å². The van der Waals surface area contributed by atoms with E-state index in [4.69, 9.17) is 0 Å². The molecule has 1 atom stereocenters. The highest BCUT2D eigenvalue weighted by molar-refractivity contribution is 7.26. The summed E-state index contributed by atoms with van der Waals surface area (Å²) in [5.41, 5.74) is 2.61. The van der Waals surface area contributed by atoms with Crippen molar-refractivity contribution in [2.24, 2.45) is 0 Å². The lowest BCUT2D eigenvalue weighted by Crippen LogP contribution is -1.72. The highest BCUT2D eigenvalue weighted by Crippen LogP contribution is 2.18. The van der Waals surface area contributed by atoms with Gasteiger partial charge in [-0.05, 0) is 40.0 Å². The van der Waals surface area contributed by atoms with Gasteiger partial charge in [-0.15, -0.1) is 0 Å². The SMILES string of the molecule is Cc1n[pH]c(C)c1C. The molecule has 0 aliphatic carbocycles. The Hall–Kier alpha value is -0.290. The van der Waals surface area contributed by atoms with Crippen LogP contribution in [-0.2, 0) is 0 Å². The fraction of sp³-hybridized carbons (Fsp3) is 0.500. The van der Waals surface area contributed by atoms with Crippen molar-refractivity contribution in [3.05, 3.63) is 16.6 Å². The molecular formula is C6H10NP. The number of aryl methyl sites for hydroxylation is 2. The van der Waals surface area contributed by atoms with Gasteiger partial charge >= 0.3 is 0 Å². The Bertz CT molecular complexity index is 171. The maximum atomic E-state index is 4.27. The minimum atomic E-state index is 0.711. The van der Waals surface area contributed by atoms with E-state index >= 15 is 0 Å². The smallest absolute Gasteiger partial charge is 0.0446 e. The minimum absolute atomic E-state index is 0.711. The van der Waals surface area contributed by atoms with Gasteiger partial charge in [0.05, 0.1) is 0 Å². The van der Waals surface area contributed by atoms with Crippen LogP contribution in [0.2, 0.25) is 0 Å². The normalized spacial score (nSPS) is 10.9. The van der Waals surface area contributed by atoms with Crippen LogP contribution in [-0.4, -0.2) is 4.75 Å². The van der Waals surface area contributed by atoms with Crippen molar-refractivity contribution in [3.8, 4) is 0 Å². The van der Waals surface area contributed by atoms with Crippen LogP contribution in [0.3, 0.4) is 0 Å². The number of hydrogen-bond donors (Lipinski definition) is 0. The summed E-state index contributed by atoms with van der Waals surface area (Å²) in [4.78, 5) is 0. The summed E-state index contributed by atoms with van der Waals surface area (Å²) in [6.07, 6.45) is 0. The molecule has 0 aliphatic heterocycles. The third-order valence-corrected chi connectivity index (χ3v) is 2.65. The lowest BCUT2D eigenvalue weighted by molar-refractivity contribution is 1.26. The van der Waals surface area contributed by atoms with Crippen LogP contribution in [0.15, 0.2) is 0 Å². The van der Waals surface area contributed by atoms with Gasteiger partial charge in [0, 0.05) is 5.69 Å². The van der Waals surface area contributed by atoms with Gasteiger partial charge in [-0.25, -0.2) is 4.75 Å². The number of rotatable bonds is 0. The number of nitrogens with zero attached hydrogens (tertiary/aromatic N) is 1. The summed E-state index contributed by atoms with van der Waals surface area (Å²) < 4.78 is 4.27. The minimum Gasteiger partial charge on any atom is -0.245 e. The molecule has 1 aromatic rings. The van der Waals surface area contributed by atoms with Crippen molar-refractivity contribution in [2.45, 2.75) is 20.8 Å². The van der Waals surface area contributed by atoms with Crippen molar-refractivity contribution in [2.75, 3.05) is 0 Å². The van der Waals surface area contributed by atoms with E-state index in [1.165, 1.54) is 16.6 Å². The second-order valence-corrected chi connectivity index (χ2v) is 3.26. The standard InChI is InChI=1S/C6H10NP/c1-4-5(2)7-8-6(4)3/h8H,1-3H3. The van der Waals surface area contributed by atoms with Gasteiger partial charge in [-0.3, -0.25) is 0 Å². The van der Waals surface area contributed by atoms with Crippen molar-refractivity contribution in [3.63, 3.8) is 0 Å². The van der Waals surface area contributed by atoms with E-state index in [0.717, 1.165) is 0 Å². The Balaban J connectivity index is 3.19. The van der Waals surface area contributed by atoms with Gasteiger partial charge in [-0.2, -0.15) is 0 Å². The summed E-state index contributed by atoms with van der Waals surface area (Å²) in [6.45, 7) is 6.35. The molecule has 0 aliphatic rings. The molecule has 0 radical (unpaired) electrons. The molecule has 0 aromatic carbocycles. The molecule has 0 saturated carbocycles. The Kier molecular flexibility index (Phi) is 1.39. The zero-order valence-electron chi connectivity index (χ0n) is 5.45. The van der Waals surface area contributed by atoms with Gasteiger partial charge in [0.2, 0.25) is 0 Å². The van der Waals surface area contributed by atoms with Crippen molar-refractivity contribution in [1.82, 2.24) is 4.75 Å². The second kappa shape index (κ2) is 1.91. The maximum absolute atomic E-state index is 4.27. The van der Waals surface area contributed by atoms with Crippen molar-refractivity contribution < 1.29 is 0 Å². The van der Waals surface area contributed by atoms with E-state index < -0.39 is 0 Å². The molecule has 1 aromatic heterocycles. The number of aromatic nitrogens is 1. The first kappa shape index (κ1) is 5.84. The van der Waals surface area contributed by atoms with Crippen LogP contribution >= 0.6 is 8.35 Å². The van der Waals surface area contributed by atoms with Gasteiger partial charge < -0.3 is 0 Å². The van der Waals surface area contributed by atoms with Gasteiger partial charge in [0.25, 0.3) is 0 Å².